The number of sulfonamides is 1. The molecular weight excluding hydrogens is 295 g/mol. The molecule has 0 amide bonds. The summed E-state index contributed by atoms with van der Waals surface area (Å²) >= 11 is 0. The molecule has 0 spiro atoms. The number of aromatic nitrogens is 2. The van der Waals surface area contributed by atoms with Gasteiger partial charge in [-0.15, -0.1) is 0 Å². The molecule has 2 rings (SSSR count). The molecule has 114 valence electrons. The van der Waals surface area contributed by atoms with Crippen molar-refractivity contribution in [2.75, 3.05) is 16.6 Å². The summed E-state index contributed by atoms with van der Waals surface area (Å²) < 4.78 is 41.7. The van der Waals surface area contributed by atoms with E-state index >= 15 is 0 Å². The first-order chi connectivity index (χ1) is 9.91. The zero-order valence-electron chi connectivity index (χ0n) is 11.8. The molecule has 2 N–H and O–H groups in total. The third-order valence-corrected chi connectivity index (χ3v) is 4.96. The molecule has 0 aliphatic heterocycles. The SMILES string of the molecule is CCN(c1ccccc1F)S(=O)(=O)c1cn(CC)nc1N. The van der Waals surface area contributed by atoms with E-state index in [9.17, 15) is 12.8 Å². The molecule has 0 aliphatic carbocycles. The van der Waals surface area contributed by atoms with Crippen LogP contribution < -0.4 is 10.0 Å². The third-order valence-electron chi connectivity index (χ3n) is 3.06. The molecular formula is C13H17FN4O2S. The fraction of sp³-hybridized carbons (Fsp3) is 0.308. The Balaban J connectivity index is 2.55. The van der Waals surface area contributed by atoms with Crippen LogP contribution in [-0.4, -0.2) is 24.7 Å². The molecule has 2 aromatic rings. The Kier molecular flexibility index (Phi) is 4.17. The Morgan fingerprint density at radius 1 is 1.33 bits per heavy atom. The Labute approximate surface area is 123 Å². The molecule has 0 saturated carbocycles. The van der Waals surface area contributed by atoms with Crippen LogP contribution in [-0.2, 0) is 16.6 Å². The van der Waals surface area contributed by atoms with E-state index < -0.39 is 15.8 Å². The number of benzene rings is 1. The van der Waals surface area contributed by atoms with Gasteiger partial charge in [0.25, 0.3) is 10.0 Å². The lowest BCUT2D eigenvalue weighted by molar-refractivity contribution is 0.586. The first-order valence-corrected chi connectivity index (χ1v) is 7.96. The normalized spacial score (nSPS) is 11.6. The van der Waals surface area contributed by atoms with Gasteiger partial charge in [0.15, 0.2) is 5.82 Å². The molecule has 0 atom stereocenters. The fourth-order valence-corrected chi connectivity index (χ4v) is 3.57. The van der Waals surface area contributed by atoms with E-state index in [-0.39, 0.29) is 22.9 Å². The zero-order chi connectivity index (χ0) is 15.6. The average molecular weight is 312 g/mol. The van der Waals surface area contributed by atoms with Gasteiger partial charge in [0.2, 0.25) is 0 Å². The molecule has 1 aromatic heterocycles. The van der Waals surface area contributed by atoms with Crippen LogP contribution in [0.3, 0.4) is 0 Å². The van der Waals surface area contributed by atoms with Gasteiger partial charge in [-0.3, -0.25) is 8.99 Å². The van der Waals surface area contributed by atoms with E-state index in [1.54, 1.807) is 13.0 Å². The highest BCUT2D eigenvalue weighted by atomic mass is 32.2. The van der Waals surface area contributed by atoms with Gasteiger partial charge in [-0.25, -0.2) is 12.8 Å². The van der Waals surface area contributed by atoms with Crippen LogP contribution in [0.4, 0.5) is 15.9 Å². The highest BCUT2D eigenvalue weighted by Gasteiger charge is 2.29. The number of halogens is 1. The maximum Gasteiger partial charge on any atom is 0.269 e. The number of nitrogen functional groups attached to an aromatic ring is 1. The number of nitrogens with two attached hydrogens (primary N) is 1. The first-order valence-electron chi connectivity index (χ1n) is 6.52. The quantitative estimate of drug-likeness (QED) is 0.913. The van der Waals surface area contributed by atoms with E-state index in [2.05, 4.69) is 5.10 Å². The first kappa shape index (κ1) is 15.3. The van der Waals surface area contributed by atoms with Crippen LogP contribution in [0, 0.1) is 5.82 Å². The highest BCUT2D eigenvalue weighted by Crippen LogP contribution is 2.28. The fourth-order valence-electron chi connectivity index (χ4n) is 2.02. The second-order valence-electron chi connectivity index (χ2n) is 4.36. The van der Waals surface area contributed by atoms with Gasteiger partial charge < -0.3 is 5.73 Å². The Hall–Kier alpha value is -2.09. The van der Waals surface area contributed by atoms with Crippen LogP contribution in [0.25, 0.3) is 0 Å². The van der Waals surface area contributed by atoms with E-state index in [1.165, 1.54) is 29.1 Å². The Morgan fingerprint density at radius 2 is 2.00 bits per heavy atom. The highest BCUT2D eigenvalue weighted by molar-refractivity contribution is 7.93. The number of aryl methyl sites for hydroxylation is 1. The largest absolute Gasteiger partial charge is 0.381 e. The van der Waals surface area contributed by atoms with Crippen molar-refractivity contribution in [1.82, 2.24) is 9.78 Å². The van der Waals surface area contributed by atoms with E-state index in [1.807, 2.05) is 6.92 Å². The molecule has 0 saturated heterocycles. The lowest BCUT2D eigenvalue weighted by Crippen LogP contribution is -2.31. The minimum atomic E-state index is -3.96. The summed E-state index contributed by atoms with van der Waals surface area (Å²) in [6.45, 7) is 4.02. The van der Waals surface area contributed by atoms with Crippen molar-refractivity contribution in [3.8, 4) is 0 Å². The van der Waals surface area contributed by atoms with Crippen molar-refractivity contribution < 1.29 is 12.8 Å². The lowest BCUT2D eigenvalue weighted by atomic mass is 10.3. The second-order valence-corrected chi connectivity index (χ2v) is 6.19. The minimum absolute atomic E-state index is 0.0105. The van der Waals surface area contributed by atoms with Crippen LogP contribution >= 0.6 is 0 Å². The summed E-state index contributed by atoms with van der Waals surface area (Å²) in [4.78, 5) is -0.116. The average Bonchev–Trinajstić information content (AvgIpc) is 2.83. The number of hydrogen-bond donors (Lipinski definition) is 1. The zero-order valence-corrected chi connectivity index (χ0v) is 12.6. The molecule has 0 fully saturated rings. The molecule has 0 aliphatic rings. The van der Waals surface area contributed by atoms with Gasteiger partial charge in [-0.2, -0.15) is 5.10 Å². The smallest absolute Gasteiger partial charge is 0.269 e. The summed E-state index contributed by atoms with van der Waals surface area (Å²) in [5.41, 5.74) is 5.67. The maximum absolute atomic E-state index is 13.9. The van der Waals surface area contributed by atoms with Gasteiger partial charge in [0.05, 0.1) is 5.69 Å². The number of nitrogens with zero attached hydrogens (tertiary/aromatic N) is 3. The summed E-state index contributed by atoms with van der Waals surface area (Å²) in [6, 6.07) is 5.71. The number of anilines is 2. The van der Waals surface area contributed by atoms with Crippen molar-refractivity contribution >= 4 is 21.5 Å². The molecule has 6 nitrogen and oxygen atoms in total. The van der Waals surface area contributed by atoms with Crippen molar-refractivity contribution in [2.24, 2.45) is 0 Å². The second kappa shape index (κ2) is 5.72. The van der Waals surface area contributed by atoms with Crippen LogP contribution in [0.5, 0.6) is 0 Å². The maximum atomic E-state index is 13.9. The predicted molar refractivity (Wildman–Crippen MR) is 78.9 cm³/mol. The van der Waals surface area contributed by atoms with Crippen molar-refractivity contribution in [3.63, 3.8) is 0 Å². The number of para-hydroxylation sites is 1. The minimum Gasteiger partial charge on any atom is -0.381 e. The van der Waals surface area contributed by atoms with Crippen molar-refractivity contribution in [1.29, 1.82) is 0 Å². The Morgan fingerprint density at radius 3 is 2.52 bits per heavy atom. The van der Waals surface area contributed by atoms with Gasteiger partial charge in [0, 0.05) is 19.3 Å². The van der Waals surface area contributed by atoms with Crippen LogP contribution in [0.1, 0.15) is 13.8 Å². The standard InChI is InChI=1S/C13H17FN4O2S/c1-3-17-9-12(13(15)16-17)21(19,20)18(4-2)11-8-6-5-7-10(11)14/h5-9H,3-4H2,1-2H3,(H2,15,16). The molecule has 1 aromatic carbocycles. The Bertz CT molecular complexity index is 742. The molecule has 0 radical (unpaired) electrons. The molecule has 1 heterocycles. The summed E-state index contributed by atoms with van der Waals surface area (Å²) in [5.74, 6) is -0.698. The molecule has 21 heavy (non-hydrogen) atoms. The molecule has 0 bridgehead atoms. The van der Waals surface area contributed by atoms with Crippen LogP contribution in [0.15, 0.2) is 35.4 Å². The van der Waals surface area contributed by atoms with Crippen LogP contribution in [0.2, 0.25) is 0 Å². The predicted octanol–water partition coefficient (Wildman–Crippen LogP) is 1.84. The third kappa shape index (κ3) is 2.71. The van der Waals surface area contributed by atoms with Crippen molar-refractivity contribution in [3.05, 3.63) is 36.3 Å². The summed E-state index contributed by atoms with van der Waals surface area (Å²) in [7, 11) is -3.96. The van der Waals surface area contributed by atoms with E-state index in [0.717, 1.165) is 4.31 Å². The molecule has 0 unspecified atom stereocenters. The van der Waals surface area contributed by atoms with Crippen molar-refractivity contribution in [2.45, 2.75) is 25.3 Å². The monoisotopic (exact) mass is 312 g/mol. The number of rotatable bonds is 5. The van der Waals surface area contributed by atoms with Gasteiger partial charge >= 0.3 is 0 Å². The summed E-state index contributed by atoms with van der Waals surface area (Å²) in [5, 5.41) is 3.92. The van der Waals surface area contributed by atoms with Gasteiger partial charge in [-0.05, 0) is 26.0 Å². The van der Waals surface area contributed by atoms with Gasteiger partial charge in [0.1, 0.15) is 10.7 Å². The number of hydrogen-bond acceptors (Lipinski definition) is 4. The van der Waals surface area contributed by atoms with E-state index in [4.69, 9.17) is 5.73 Å². The molecule has 8 heteroatoms. The van der Waals surface area contributed by atoms with Gasteiger partial charge in [-0.1, -0.05) is 12.1 Å². The topological polar surface area (TPSA) is 81.2 Å². The van der Waals surface area contributed by atoms with E-state index in [0.29, 0.717) is 6.54 Å². The lowest BCUT2D eigenvalue weighted by Gasteiger charge is -2.22. The summed E-state index contributed by atoms with van der Waals surface area (Å²) in [6.07, 6.45) is 1.36.